The molecule has 1 aliphatic rings. The standard InChI is InChI=1S/C23H27N5O/c1-29-21-10-6-5-9-20(21)16-24-23-26-22(17-25-27-23)28-13-11-19(12-14-28)15-18-7-3-2-4-8-18/h2-10,17,19H,11-16H2,1H3,(H,24,26,27). The highest BCUT2D eigenvalue weighted by atomic mass is 16.5. The Kier molecular flexibility index (Phi) is 6.19. The van der Waals surface area contributed by atoms with Gasteiger partial charge in [-0.3, -0.25) is 0 Å². The van der Waals surface area contributed by atoms with Crippen molar-refractivity contribution in [3.05, 3.63) is 71.9 Å². The summed E-state index contributed by atoms with van der Waals surface area (Å²) in [5.41, 5.74) is 2.49. The second-order valence-electron chi connectivity index (χ2n) is 7.42. The number of benzene rings is 2. The highest BCUT2D eigenvalue weighted by molar-refractivity contribution is 5.42. The van der Waals surface area contributed by atoms with Crippen LogP contribution >= 0.6 is 0 Å². The van der Waals surface area contributed by atoms with Gasteiger partial charge in [0.25, 0.3) is 0 Å². The maximum atomic E-state index is 5.40. The predicted octanol–water partition coefficient (Wildman–Crippen LogP) is 3.95. The SMILES string of the molecule is COc1ccccc1CNc1nncc(N2CCC(Cc3ccccc3)CC2)n1. The molecule has 0 amide bonds. The third-order valence-corrected chi connectivity index (χ3v) is 5.48. The van der Waals surface area contributed by atoms with Crippen LogP contribution in [0.15, 0.2) is 60.8 Å². The maximum Gasteiger partial charge on any atom is 0.244 e. The first-order valence-corrected chi connectivity index (χ1v) is 10.2. The first-order chi connectivity index (χ1) is 14.3. The van der Waals surface area contributed by atoms with E-state index in [1.807, 2.05) is 24.3 Å². The smallest absolute Gasteiger partial charge is 0.244 e. The topological polar surface area (TPSA) is 63.2 Å². The Bertz CT molecular complexity index is 910. The number of piperidine rings is 1. The van der Waals surface area contributed by atoms with Crippen molar-refractivity contribution in [1.29, 1.82) is 0 Å². The molecular weight excluding hydrogens is 362 g/mol. The van der Waals surface area contributed by atoms with Crippen molar-refractivity contribution in [1.82, 2.24) is 15.2 Å². The molecule has 1 aromatic heterocycles. The fourth-order valence-electron chi connectivity index (χ4n) is 3.86. The third kappa shape index (κ3) is 5.02. The van der Waals surface area contributed by atoms with Crippen LogP contribution in [0.4, 0.5) is 11.8 Å². The van der Waals surface area contributed by atoms with Crippen molar-refractivity contribution in [2.24, 2.45) is 5.92 Å². The molecule has 6 nitrogen and oxygen atoms in total. The van der Waals surface area contributed by atoms with Gasteiger partial charge in [0, 0.05) is 25.2 Å². The van der Waals surface area contributed by atoms with Crippen LogP contribution in [0, 0.1) is 5.92 Å². The van der Waals surface area contributed by atoms with Gasteiger partial charge in [-0.1, -0.05) is 48.5 Å². The summed E-state index contributed by atoms with van der Waals surface area (Å²) in [5, 5.41) is 11.6. The number of methoxy groups -OCH3 is 1. The third-order valence-electron chi connectivity index (χ3n) is 5.48. The van der Waals surface area contributed by atoms with Crippen molar-refractivity contribution in [2.75, 3.05) is 30.4 Å². The summed E-state index contributed by atoms with van der Waals surface area (Å²) in [7, 11) is 1.68. The molecule has 0 bridgehead atoms. The van der Waals surface area contributed by atoms with Crippen LogP contribution in [0.5, 0.6) is 5.75 Å². The molecule has 0 atom stereocenters. The van der Waals surface area contributed by atoms with Crippen LogP contribution in [-0.2, 0) is 13.0 Å². The lowest BCUT2D eigenvalue weighted by Crippen LogP contribution is -2.35. The van der Waals surface area contributed by atoms with Crippen LogP contribution in [0.1, 0.15) is 24.0 Å². The highest BCUT2D eigenvalue weighted by Gasteiger charge is 2.21. The highest BCUT2D eigenvalue weighted by Crippen LogP contribution is 2.25. The van der Waals surface area contributed by atoms with Crippen molar-refractivity contribution in [2.45, 2.75) is 25.8 Å². The average Bonchev–Trinajstić information content (AvgIpc) is 2.79. The molecule has 0 spiro atoms. The van der Waals surface area contributed by atoms with Gasteiger partial charge in [0.05, 0.1) is 13.3 Å². The Hall–Kier alpha value is -3.15. The maximum absolute atomic E-state index is 5.40. The number of ether oxygens (including phenoxy) is 1. The van der Waals surface area contributed by atoms with Gasteiger partial charge in [-0.05, 0) is 36.8 Å². The largest absolute Gasteiger partial charge is 0.496 e. The zero-order chi connectivity index (χ0) is 19.9. The molecule has 4 rings (SSSR count). The fourth-order valence-corrected chi connectivity index (χ4v) is 3.86. The summed E-state index contributed by atoms with van der Waals surface area (Å²) in [4.78, 5) is 6.99. The van der Waals surface area contributed by atoms with E-state index < -0.39 is 0 Å². The predicted molar refractivity (Wildman–Crippen MR) is 115 cm³/mol. The Morgan fingerprint density at radius 3 is 2.59 bits per heavy atom. The van der Waals surface area contributed by atoms with E-state index in [9.17, 15) is 0 Å². The Balaban J connectivity index is 1.33. The molecule has 1 N–H and O–H groups in total. The number of nitrogens with one attached hydrogen (secondary N) is 1. The lowest BCUT2D eigenvalue weighted by molar-refractivity contribution is 0.402. The number of para-hydroxylation sites is 1. The first-order valence-electron chi connectivity index (χ1n) is 10.2. The first kappa shape index (κ1) is 19.2. The lowest BCUT2D eigenvalue weighted by Gasteiger charge is -2.32. The number of hydrogen-bond acceptors (Lipinski definition) is 6. The molecule has 0 aliphatic carbocycles. The summed E-state index contributed by atoms with van der Waals surface area (Å²) in [6.07, 6.45) is 5.25. The van der Waals surface area contributed by atoms with Gasteiger partial charge < -0.3 is 15.0 Å². The second-order valence-corrected chi connectivity index (χ2v) is 7.42. The minimum absolute atomic E-state index is 0.541. The van der Waals surface area contributed by atoms with E-state index in [4.69, 9.17) is 4.74 Å². The van der Waals surface area contributed by atoms with E-state index in [1.54, 1.807) is 13.3 Å². The van der Waals surface area contributed by atoms with Gasteiger partial charge in [0.15, 0.2) is 5.82 Å². The zero-order valence-corrected chi connectivity index (χ0v) is 16.8. The minimum atomic E-state index is 0.541. The summed E-state index contributed by atoms with van der Waals surface area (Å²) in [6, 6.07) is 18.7. The van der Waals surface area contributed by atoms with Gasteiger partial charge in [-0.25, -0.2) is 0 Å². The second kappa shape index (κ2) is 9.37. The zero-order valence-electron chi connectivity index (χ0n) is 16.8. The van der Waals surface area contributed by atoms with E-state index in [0.717, 1.165) is 42.6 Å². The summed E-state index contributed by atoms with van der Waals surface area (Å²) in [5.74, 6) is 3.01. The van der Waals surface area contributed by atoms with Crippen molar-refractivity contribution < 1.29 is 4.74 Å². The molecule has 6 heteroatoms. The van der Waals surface area contributed by atoms with E-state index >= 15 is 0 Å². The normalized spacial score (nSPS) is 14.6. The van der Waals surface area contributed by atoms with Gasteiger partial charge in [-0.2, -0.15) is 10.1 Å². The lowest BCUT2D eigenvalue weighted by atomic mass is 9.90. The Labute approximate surface area is 172 Å². The van der Waals surface area contributed by atoms with E-state index in [0.29, 0.717) is 12.5 Å². The molecule has 1 aliphatic heterocycles. The minimum Gasteiger partial charge on any atom is -0.496 e. The Morgan fingerprint density at radius 2 is 1.79 bits per heavy atom. The monoisotopic (exact) mass is 389 g/mol. The number of anilines is 2. The summed E-state index contributed by atoms with van der Waals surface area (Å²) < 4.78 is 5.40. The number of nitrogens with zero attached hydrogens (tertiary/aromatic N) is 4. The van der Waals surface area contributed by atoms with E-state index in [2.05, 4.69) is 55.7 Å². The van der Waals surface area contributed by atoms with E-state index in [1.165, 1.54) is 18.4 Å². The van der Waals surface area contributed by atoms with Crippen molar-refractivity contribution in [3.8, 4) is 5.75 Å². The Morgan fingerprint density at radius 1 is 1.03 bits per heavy atom. The fraction of sp³-hybridized carbons (Fsp3) is 0.348. The van der Waals surface area contributed by atoms with Gasteiger partial charge in [0.2, 0.25) is 5.95 Å². The van der Waals surface area contributed by atoms with Crippen molar-refractivity contribution >= 4 is 11.8 Å². The average molecular weight is 390 g/mol. The van der Waals surface area contributed by atoms with Crippen LogP contribution in [0.3, 0.4) is 0 Å². The van der Waals surface area contributed by atoms with Gasteiger partial charge >= 0.3 is 0 Å². The molecule has 150 valence electrons. The van der Waals surface area contributed by atoms with Crippen LogP contribution < -0.4 is 15.0 Å². The quantitative estimate of drug-likeness (QED) is 0.660. The molecule has 1 saturated heterocycles. The summed E-state index contributed by atoms with van der Waals surface area (Å²) >= 11 is 0. The molecule has 1 fully saturated rings. The van der Waals surface area contributed by atoms with Gasteiger partial charge in [-0.15, -0.1) is 5.10 Å². The molecule has 2 heterocycles. The van der Waals surface area contributed by atoms with Crippen LogP contribution in [-0.4, -0.2) is 35.4 Å². The molecule has 0 radical (unpaired) electrons. The van der Waals surface area contributed by atoms with Gasteiger partial charge in [0.1, 0.15) is 5.75 Å². The van der Waals surface area contributed by atoms with E-state index in [-0.39, 0.29) is 0 Å². The van der Waals surface area contributed by atoms with Crippen LogP contribution in [0.25, 0.3) is 0 Å². The molecule has 0 unspecified atom stereocenters. The molecular formula is C23H27N5O. The molecule has 2 aromatic carbocycles. The molecule has 29 heavy (non-hydrogen) atoms. The molecule has 0 saturated carbocycles. The summed E-state index contributed by atoms with van der Waals surface area (Å²) in [6.45, 7) is 2.60. The molecule has 3 aromatic rings. The van der Waals surface area contributed by atoms with Crippen LogP contribution in [0.2, 0.25) is 0 Å². The van der Waals surface area contributed by atoms with Crippen molar-refractivity contribution in [3.63, 3.8) is 0 Å². The number of rotatable bonds is 7. The number of aromatic nitrogens is 3. The number of hydrogen-bond donors (Lipinski definition) is 1.